The van der Waals surface area contributed by atoms with Crippen LogP contribution in [0.15, 0.2) is 0 Å². The standard InChI is InChI=1S/C43H74N8O9/c1-10-27(6)35(47-39(56)34-19-14-20-50(34)42(59)31(23-26(4)5)44-28(7)53)40(57)46-32(24-52)37(54)48-36(29-16-12-11-13-17-29)43(60)51-21-15-18-33(51)38(55)45-30(22-25(2)3)41(58)49(8)9/h25-27,29-36,52H,10-24H2,1-9H3,(H,44,53)(H,45,55)(H,46,57)(H,47,56)(H,48,54)/t27-,30-,31-,32-,33-,34-,35-,36-/m0/s1. The second kappa shape index (κ2) is 23.6. The van der Waals surface area contributed by atoms with Gasteiger partial charge in [0.05, 0.1) is 6.61 Å². The van der Waals surface area contributed by atoms with Gasteiger partial charge in [-0.05, 0) is 75.0 Å². The van der Waals surface area contributed by atoms with Gasteiger partial charge in [0, 0.05) is 34.1 Å². The van der Waals surface area contributed by atoms with Crippen LogP contribution in [0.4, 0.5) is 0 Å². The Morgan fingerprint density at radius 1 is 0.633 bits per heavy atom. The zero-order valence-corrected chi connectivity index (χ0v) is 37.5. The van der Waals surface area contributed by atoms with Crippen molar-refractivity contribution in [2.75, 3.05) is 33.8 Å². The third-order valence-corrected chi connectivity index (χ3v) is 12.1. The molecule has 0 aromatic carbocycles. The summed E-state index contributed by atoms with van der Waals surface area (Å²) in [5.74, 6) is -4.26. The van der Waals surface area contributed by atoms with Gasteiger partial charge in [-0.15, -0.1) is 0 Å². The second-order valence-electron chi connectivity index (χ2n) is 18.2. The van der Waals surface area contributed by atoms with Crippen LogP contribution < -0.4 is 26.6 Å². The first kappa shape index (κ1) is 50.1. The molecule has 2 heterocycles. The van der Waals surface area contributed by atoms with Crippen molar-refractivity contribution in [2.24, 2.45) is 23.7 Å². The highest BCUT2D eigenvalue weighted by atomic mass is 16.3. The molecule has 3 fully saturated rings. The van der Waals surface area contributed by atoms with Crippen molar-refractivity contribution in [3.05, 3.63) is 0 Å². The third-order valence-electron chi connectivity index (χ3n) is 12.1. The van der Waals surface area contributed by atoms with Crippen molar-refractivity contribution < 1.29 is 43.5 Å². The van der Waals surface area contributed by atoms with Crippen molar-refractivity contribution in [1.82, 2.24) is 41.3 Å². The largest absolute Gasteiger partial charge is 0.394 e. The molecule has 8 atom stereocenters. The first-order valence-electron chi connectivity index (χ1n) is 22.2. The molecular formula is C43H74N8O9. The highest BCUT2D eigenvalue weighted by molar-refractivity contribution is 5.98. The predicted molar refractivity (Wildman–Crippen MR) is 226 cm³/mol. The fourth-order valence-electron chi connectivity index (χ4n) is 8.71. The minimum absolute atomic E-state index is 0.101. The lowest BCUT2D eigenvalue weighted by molar-refractivity contribution is -0.144. The Balaban J connectivity index is 1.78. The number of carbonyl (C=O) groups is 8. The van der Waals surface area contributed by atoms with Crippen molar-refractivity contribution in [1.29, 1.82) is 0 Å². The average molecular weight is 847 g/mol. The summed E-state index contributed by atoms with van der Waals surface area (Å²) in [5.41, 5.74) is 0. The quantitative estimate of drug-likeness (QED) is 0.103. The molecule has 2 saturated heterocycles. The van der Waals surface area contributed by atoms with E-state index in [0.717, 1.165) is 19.3 Å². The van der Waals surface area contributed by atoms with E-state index in [4.69, 9.17) is 0 Å². The number of nitrogens with zero attached hydrogens (tertiary/aromatic N) is 3. The summed E-state index contributed by atoms with van der Waals surface area (Å²) < 4.78 is 0. The Hall–Kier alpha value is -4.28. The Kier molecular flexibility index (Phi) is 19.7. The number of aliphatic hydroxyl groups is 1. The molecule has 1 saturated carbocycles. The van der Waals surface area contributed by atoms with Crippen molar-refractivity contribution in [3.8, 4) is 0 Å². The monoisotopic (exact) mass is 847 g/mol. The molecule has 3 rings (SSSR count). The zero-order valence-electron chi connectivity index (χ0n) is 37.5. The van der Waals surface area contributed by atoms with Gasteiger partial charge in [-0.3, -0.25) is 38.4 Å². The zero-order chi connectivity index (χ0) is 44.8. The first-order valence-corrected chi connectivity index (χ1v) is 22.2. The molecule has 0 bridgehead atoms. The van der Waals surface area contributed by atoms with Crippen LogP contribution in [0, 0.1) is 23.7 Å². The fraction of sp³-hybridized carbons (Fsp3) is 0.814. The number of likely N-dealkylation sites (N-methyl/N-ethyl adjacent to an activating group) is 1. The van der Waals surface area contributed by atoms with Gasteiger partial charge >= 0.3 is 0 Å². The molecule has 1 aliphatic carbocycles. The molecule has 17 heteroatoms. The van der Waals surface area contributed by atoms with E-state index in [-0.39, 0.29) is 35.5 Å². The molecular weight excluding hydrogens is 773 g/mol. The summed E-state index contributed by atoms with van der Waals surface area (Å²) >= 11 is 0. The molecule has 6 N–H and O–H groups in total. The number of hydrogen-bond acceptors (Lipinski definition) is 9. The van der Waals surface area contributed by atoms with Crippen LogP contribution in [0.3, 0.4) is 0 Å². The fourth-order valence-corrected chi connectivity index (χ4v) is 8.71. The predicted octanol–water partition coefficient (Wildman–Crippen LogP) is 1.21. The third kappa shape index (κ3) is 13.9. The Morgan fingerprint density at radius 3 is 1.67 bits per heavy atom. The Bertz CT molecular complexity index is 1520. The highest BCUT2D eigenvalue weighted by Gasteiger charge is 2.43. The maximum atomic E-state index is 14.4. The molecule has 17 nitrogen and oxygen atoms in total. The number of likely N-dealkylation sites (tertiary alicyclic amines) is 2. The van der Waals surface area contributed by atoms with Gasteiger partial charge in [0.2, 0.25) is 47.3 Å². The van der Waals surface area contributed by atoms with E-state index in [2.05, 4.69) is 26.6 Å². The average Bonchev–Trinajstić information content (AvgIpc) is 3.90. The number of rotatable bonds is 20. The summed E-state index contributed by atoms with van der Waals surface area (Å²) in [6, 6.07) is -6.88. The smallest absolute Gasteiger partial charge is 0.246 e. The van der Waals surface area contributed by atoms with Crippen LogP contribution in [0.5, 0.6) is 0 Å². The topological polar surface area (TPSA) is 227 Å². The number of nitrogens with one attached hydrogen (secondary N) is 5. The summed E-state index contributed by atoms with van der Waals surface area (Å²) in [6.07, 6.45) is 7.19. The van der Waals surface area contributed by atoms with Crippen LogP contribution >= 0.6 is 0 Å². The SMILES string of the molecule is CC[C@H](C)[C@H](NC(=O)[C@@H]1CCCN1C(=O)[C@H](CC(C)C)NC(C)=O)C(=O)N[C@@H](CO)C(=O)N[C@H](C(=O)N1CCC[C@H]1C(=O)N[C@@H](CC(C)C)C(=O)N(C)C)C1CCCCC1. The van der Waals surface area contributed by atoms with E-state index in [1.165, 1.54) is 21.6 Å². The second-order valence-corrected chi connectivity index (χ2v) is 18.2. The van der Waals surface area contributed by atoms with Crippen LogP contribution in [0.25, 0.3) is 0 Å². The van der Waals surface area contributed by atoms with Crippen molar-refractivity contribution in [3.63, 3.8) is 0 Å². The van der Waals surface area contributed by atoms with E-state index in [1.807, 2.05) is 34.6 Å². The number of amides is 8. The summed E-state index contributed by atoms with van der Waals surface area (Å²) in [6.45, 7) is 12.6. The highest BCUT2D eigenvalue weighted by Crippen LogP contribution is 2.30. The number of hydrogen-bond donors (Lipinski definition) is 6. The van der Waals surface area contributed by atoms with Crippen molar-refractivity contribution >= 4 is 47.3 Å². The normalized spacial score (nSPS) is 21.3. The summed E-state index contributed by atoms with van der Waals surface area (Å²) in [7, 11) is 3.25. The Morgan fingerprint density at radius 2 is 1.17 bits per heavy atom. The van der Waals surface area contributed by atoms with Gasteiger partial charge in [0.15, 0.2) is 0 Å². The maximum Gasteiger partial charge on any atom is 0.246 e. The van der Waals surface area contributed by atoms with E-state index >= 15 is 0 Å². The van der Waals surface area contributed by atoms with Gasteiger partial charge in [0.25, 0.3) is 0 Å². The number of aliphatic hydroxyl groups excluding tert-OH is 1. The van der Waals surface area contributed by atoms with Gasteiger partial charge in [-0.25, -0.2) is 0 Å². The lowest BCUT2D eigenvalue weighted by Gasteiger charge is -2.36. The molecule has 0 unspecified atom stereocenters. The van der Waals surface area contributed by atoms with Gasteiger partial charge < -0.3 is 46.4 Å². The molecule has 0 aromatic heterocycles. The molecule has 3 aliphatic rings. The van der Waals surface area contributed by atoms with E-state index in [9.17, 15) is 43.5 Å². The van der Waals surface area contributed by atoms with Gasteiger partial charge in [-0.1, -0.05) is 67.2 Å². The van der Waals surface area contributed by atoms with E-state index in [0.29, 0.717) is 70.9 Å². The van der Waals surface area contributed by atoms with E-state index < -0.39 is 84.4 Å². The minimum atomic E-state index is -1.47. The molecule has 60 heavy (non-hydrogen) atoms. The van der Waals surface area contributed by atoms with Crippen LogP contribution in [0.1, 0.15) is 126 Å². The first-order chi connectivity index (χ1) is 28.3. The van der Waals surface area contributed by atoms with Gasteiger partial charge in [-0.2, -0.15) is 0 Å². The maximum absolute atomic E-state index is 14.4. The van der Waals surface area contributed by atoms with E-state index in [1.54, 1.807) is 21.0 Å². The van der Waals surface area contributed by atoms with Crippen LogP contribution in [-0.2, 0) is 38.4 Å². The molecule has 2 aliphatic heterocycles. The minimum Gasteiger partial charge on any atom is -0.394 e. The lowest BCUT2D eigenvalue weighted by Crippen LogP contribution is -2.62. The molecule has 340 valence electrons. The number of carbonyl (C=O) groups excluding carboxylic acids is 8. The molecule has 0 spiro atoms. The van der Waals surface area contributed by atoms with Crippen LogP contribution in [-0.4, -0.2) is 143 Å². The van der Waals surface area contributed by atoms with Crippen LogP contribution in [0.2, 0.25) is 0 Å². The van der Waals surface area contributed by atoms with Gasteiger partial charge in [0.1, 0.15) is 42.3 Å². The molecule has 0 radical (unpaired) electrons. The lowest BCUT2D eigenvalue weighted by atomic mass is 9.83. The Labute approximate surface area is 356 Å². The molecule has 8 amide bonds. The van der Waals surface area contributed by atoms with Crippen molar-refractivity contribution in [2.45, 2.75) is 168 Å². The molecule has 0 aromatic rings. The summed E-state index contributed by atoms with van der Waals surface area (Å²) in [4.78, 5) is 113. The summed E-state index contributed by atoms with van der Waals surface area (Å²) in [5, 5.41) is 24.3.